The fourth-order valence-electron chi connectivity index (χ4n) is 1.68. The van der Waals surface area contributed by atoms with Crippen LogP contribution in [-0.4, -0.2) is 18.9 Å². The summed E-state index contributed by atoms with van der Waals surface area (Å²) >= 11 is 1.76. The van der Waals surface area contributed by atoms with Gasteiger partial charge >= 0.3 is 0 Å². The van der Waals surface area contributed by atoms with Crippen LogP contribution >= 0.6 is 11.8 Å². The van der Waals surface area contributed by atoms with Crippen LogP contribution in [0.3, 0.4) is 0 Å². The van der Waals surface area contributed by atoms with Gasteiger partial charge in [-0.05, 0) is 49.4 Å². The topological polar surface area (TPSA) is 21.3 Å². The molecule has 1 aliphatic heterocycles. The smallest absolute Gasteiger partial charge is 0.115 e. The zero-order chi connectivity index (χ0) is 11.2. The number of hydrogen-bond acceptors (Lipinski definition) is 3. The van der Waals surface area contributed by atoms with E-state index in [-0.39, 0.29) is 0 Å². The number of nitrogens with one attached hydrogen (secondary N) is 1. The molecule has 1 aliphatic rings. The van der Waals surface area contributed by atoms with E-state index in [1.54, 1.807) is 11.8 Å². The van der Waals surface area contributed by atoms with Crippen molar-refractivity contribution < 1.29 is 4.74 Å². The van der Waals surface area contributed by atoms with Gasteiger partial charge in [-0.1, -0.05) is 0 Å². The first-order chi connectivity index (χ1) is 7.88. The quantitative estimate of drug-likeness (QED) is 0.807. The van der Waals surface area contributed by atoms with Crippen molar-refractivity contribution in [1.29, 1.82) is 0 Å². The Morgan fingerprint density at radius 2 is 2.19 bits per heavy atom. The lowest BCUT2D eigenvalue weighted by Crippen LogP contribution is -2.22. The van der Waals surface area contributed by atoms with Gasteiger partial charge in [-0.15, -0.1) is 11.8 Å². The van der Waals surface area contributed by atoms with Gasteiger partial charge in [-0.3, -0.25) is 0 Å². The fraction of sp³-hybridized carbons (Fsp3) is 0.385. The second kappa shape index (κ2) is 5.85. The van der Waals surface area contributed by atoms with Crippen LogP contribution in [0, 0.1) is 0 Å². The van der Waals surface area contributed by atoms with Crippen molar-refractivity contribution in [3.63, 3.8) is 0 Å². The van der Waals surface area contributed by atoms with Crippen LogP contribution in [0.5, 0.6) is 0 Å². The molecule has 1 aromatic carbocycles. The van der Waals surface area contributed by atoms with Gasteiger partial charge < -0.3 is 10.1 Å². The highest BCUT2D eigenvalue weighted by Gasteiger charge is 2.09. The van der Waals surface area contributed by atoms with E-state index in [9.17, 15) is 0 Å². The Morgan fingerprint density at radius 1 is 1.38 bits per heavy atom. The molecule has 0 radical (unpaired) electrons. The van der Waals surface area contributed by atoms with Gasteiger partial charge in [0.2, 0.25) is 0 Å². The molecule has 16 heavy (non-hydrogen) atoms. The standard InChI is InChI=1S/C13H17NOS/c1-16-13-7-5-11(6-8-13)14-10-12-4-2-3-9-15-12/h3,5-9,12,14H,2,4,10H2,1H3. The van der Waals surface area contributed by atoms with Crippen LogP contribution in [0.1, 0.15) is 12.8 Å². The normalized spacial score (nSPS) is 19.2. The molecule has 3 heteroatoms. The highest BCUT2D eigenvalue weighted by Crippen LogP contribution is 2.18. The van der Waals surface area contributed by atoms with Gasteiger partial charge in [0.15, 0.2) is 0 Å². The molecule has 0 amide bonds. The van der Waals surface area contributed by atoms with Crippen molar-refractivity contribution in [3.8, 4) is 0 Å². The number of thioether (sulfide) groups is 1. The predicted molar refractivity (Wildman–Crippen MR) is 70.0 cm³/mol. The Morgan fingerprint density at radius 3 is 2.81 bits per heavy atom. The van der Waals surface area contributed by atoms with E-state index < -0.39 is 0 Å². The van der Waals surface area contributed by atoms with Crippen LogP contribution in [0.4, 0.5) is 5.69 Å². The van der Waals surface area contributed by atoms with Crippen LogP contribution in [0.2, 0.25) is 0 Å². The average Bonchev–Trinajstić information content (AvgIpc) is 2.38. The summed E-state index contributed by atoms with van der Waals surface area (Å²) in [4.78, 5) is 1.29. The molecule has 1 unspecified atom stereocenters. The Labute approximate surface area is 101 Å². The lowest BCUT2D eigenvalue weighted by Gasteiger charge is -2.20. The molecule has 0 aliphatic carbocycles. The van der Waals surface area contributed by atoms with Crippen LogP contribution in [0.25, 0.3) is 0 Å². The van der Waals surface area contributed by atoms with Crippen LogP contribution in [-0.2, 0) is 4.74 Å². The Bertz CT molecular complexity index is 347. The fourth-order valence-corrected chi connectivity index (χ4v) is 2.08. The Kier molecular flexibility index (Phi) is 4.17. The highest BCUT2D eigenvalue weighted by atomic mass is 32.2. The summed E-state index contributed by atoms with van der Waals surface area (Å²) in [5.74, 6) is 0. The molecule has 1 N–H and O–H groups in total. The molecule has 0 saturated carbocycles. The summed E-state index contributed by atoms with van der Waals surface area (Å²) < 4.78 is 5.50. The highest BCUT2D eigenvalue weighted by molar-refractivity contribution is 7.98. The monoisotopic (exact) mass is 235 g/mol. The third-order valence-electron chi connectivity index (χ3n) is 2.65. The first-order valence-electron chi connectivity index (χ1n) is 5.57. The number of ether oxygens (including phenoxy) is 1. The minimum atomic E-state index is 0.310. The molecule has 1 aromatic rings. The van der Waals surface area contributed by atoms with E-state index in [0.717, 1.165) is 25.1 Å². The second-order valence-electron chi connectivity index (χ2n) is 3.82. The molecule has 1 atom stereocenters. The molecule has 0 aromatic heterocycles. The molecule has 2 rings (SSSR count). The molecule has 0 saturated heterocycles. The third kappa shape index (κ3) is 3.20. The first-order valence-corrected chi connectivity index (χ1v) is 6.79. The molecular weight excluding hydrogens is 218 g/mol. The van der Waals surface area contributed by atoms with Gasteiger partial charge in [-0.2, -0.15) is 0 Å². The maximum Gasteiger partial charge on any atom is 0.115 e. The second-order valence-corrected chi connectivity index (χ2v) is 4.70. The average molecular weight is 235 g/mol. The zero-order valence-corrected chi connectivity index (χ0v) is 10.3. The minimum Gasteiger partial charge on any atom is -0.497 e. The lowest BCUT2D eigenvalue weighted by molar-refractivity contribution is 0.135. The molecule has 86 valence electrons. The van der Waals surface area contributed by atoms with Crippen molar-refractivity contribution in [1.82, 2.24) is 0 Å². The van der Waals surface area contributed by atoms with Gasteiger partial charge in [0.25, 0.3) is 0 Å². The predicted octanol–water partition coefficient (Wildman–Crippen LogP) is 3.51. The summed E-state index contributed by atoms with van der Waals surface area (Å²) in [7, 11) is 0. The number of allylic oxidation sites excluding steroid dienone is 1. The molecule has 0 spiro atoms. The van der Waals surface area contributed by atoms with E-state index in [1.165, 1.54) is 4.90 Å². The van der Waals surface area contributed by atoms with E-state index in [0.29, 0.717) is 6.10 Å². The summed E-state index contributed by atoms with van der Waals surface area (Å²) in [6.45, 7) is 0.878. The zero-order valence-electron chi connectivity index (χ0n) is 9.48. The number of anilines is 1. The van der Waals surface area contributed by atoms with Gasteiger partial charge in [0.1, 0.15) is 6.10 Å². The number of rotatable bonds is 4. The lowest BCUT2D eigenvalue weighted by atomic mass is 10.1. The SMILES string of the molecule is CSc1ccc(NCC2CCC=CO2)cc1. The van der Waals surface area contributed by atoms with Gasteiger partial charge in [0, 0.05) is 10.6 Å². The number of hydrogen-bond donors (Lipinski definition) is 1. The summed E-state index contributed by atoms with van der Waals surface area (Å²) in [5, 5.41) is 3.40. The van der Waals surface area contributed by atoms with E-state index in [4.69, 9.17) is 4.74 Å². The summed E-state index contributed by atoms with van der Waals surface area (Å²) in [6.07, 6.45) is 8.51. The molecule has 0 fully saturated rings. The van der Waals surface area contributed by atoms with E-state index in [2.05, 4.69) is 41.9 Å². The third-order valence-corrected chi connectivity index (χ3v) is 3.39. The van der Waals surface area contributed by atoms with Crippen molar-refractivity contribution >= 4 is 17.4 Å². The molecule has 2 nitrogen and oxygen atoms in total. The molecular formula is C13H17NOS. The van der Waals surface area contributed by atoms with Crippen molar-refractivity contribution in [3.05, 3.63) is 36.6 Å². The van der Waals surface area contributed by atoms with Crippen molar-refractivity contribution in [2.24, 2.45) is 0 Å². The minimum absolute atomic E-state index is 0.310. The van der Waals surface area contributed by atoms with Crippen molar-refractivity contribution in [2.75, 3.05) is 18.1 Å². The summed E-state index contributed by atoms with van der Waals surface area (Å²) in [5.41, 5.74) is 1.16. The molecule has 1 heterocycles. The number of benzene rings is 1. The van der Waals surface area contributed by atoms with Crippen molar-refractivity contribution in [2.45, 2.75) is 23.8 Å². The van der Waals surface area contributed by atoms with Gasteiger partial charge in [0.05, 0.1) is 12.8 Å². The first kappa shape index (κ1) is 11.4. The largest absolute Gasteiger partial charge is 0.497 e. The van der Waals surface area contributed by atoms with Gasteiger partial charge in [-0.25, -0.2) is 0 Å². The summed E-state index contributed by atoms with van der Waals surface area (Å²) in [6, 6.07) is 8.50. The Balaban J connectivity index is 1.82. The van der Waals surface area contributed by atoms with Crippen LogP contribution in [0.15, 0.2) is 41.5 Å². The van der Waals surface area contributed by atoms with E-state index in [1.807, 2.05) is 6.26 Å². The van der Waals surface area contributed by atoms with E-state index >= 15 is 0 Å². The maximum atomic E-state index is 5.50. The Hall–Kier alpha value is -1.09. The molecule has 0 bridgehead atoms. The van der Waals surface area contributed by atoms with Crippen LogP contribution < -0.4 is 5.32 Å². The maximum absolute atomic E-state index is 5.50.